The largest absolute Gasteiger partial charge is 0.373 e. The molecule has 0 aliphatic carbocycles. The molecule has 0 fully saturated rings. The van der Waals surface area contributed by atoms with Gasteiger partial charge in [0, 0.05) is 49.7 Å². The van der Waals surface area contributed by atoms with Gasteiger partial charge < -0.3 is 5.32 Å². The van der Waals surface area contributed by atoms with Crippen LogP contribution < -0.4 is 10.0 Å². The zero-order chi connectivity index (χ0) is 21.3. The van der Waals surface area contributed by atoms with Crippen LogP contribution >= 0.6 is 11.6 Å². The highest BCUT2D eigenvalue weighted by atomic mass is 35.5. The van der Waals surface area contributed by atoms with Crippen LogP contribution in [0.25, 0.3) is 11.4 Å². The Morgan fingerprint density at radius 2 is 2.00 bits per heavy atom. The summed E-state index contributed by atoms with van der Waals surface area (Å²) in [6.07, 6.45) is 2.77. The number of sulfonamides is 1. The number of pyridine rings is 1. The molecule has 0 unspecified atom stereocenters. The molecule has 0 atom stereocenters. The SMILES string of the molecule is CNc1nc(-c2cccc(NS(C)(=O)=O)c2)nc2c1CN(Cc1ccc(Cl)cn1)C2. The van der Waals surface area contributed by atoms with Gasteiger partial charge in [0.1, 0.15) is 5.82 Å². The van der Waals surface area contributed by atoms with Crippen molar-refractivity contribution >= 4 is 33.1 Å². The Hall–Kier alpha value is -2.75. The van der Waals surface area contributed by atoms with Crippen molar-refractivity contribution in [1.29, 1.82) is 0 Å². The standard InChI is InChI=1S/C20H21ClN6O2S/c1-22-20-17-11-27(10-16-7-6-14(21)9-23-16)12-18(17)24-19(25-20)13-4-3-5-15(8-13)26-30(2,28)29/h3-9,26H,10-12H2,1-2H3,(H,22,24,25). The van der Waals surface area contributed by atoms with E-state index in [0.717, 1.165) is 34.6 Å². The fourth-order valence-electron chi connectivity index (χ4n) is 3.43. The molecule has 156 valence electrons. The third kappa shape index (κ3) is 4.69. The van der Waals surface area contributed by atoms with Gasteiger partial charge in [-0.3, -0.25) is 14.6 Å². The van der Waals surface area contributed by atoms with Gasteiger partial charge in [0.2, 0.25) is 10.0 Å². The number of aromatic nitrogens is 3. The fraction of sp³-hybridized carbons (Fsp3) is 0.250. The Labute approximate surface area is 180 Å². The van der Waals surface area contributed by atoms with Crippen LogP contribution in [-0.2, 0) is 29.7 Å². The number of halogens is 1. The van der Waals surface area contributed by atoms with E-state index in [4.69, 9.17) is 16.6 Å². The Morgan fingerprint density at radius 1 is 1.17 bits per heavy atom. The summed E-state index contributed by atoms with van der Waals surface area (Å²) < 4.78 is 25.6. The predicted octanol–water partition coefficient (Wildman–Crippen LogP) is 3.12. The molecule has 1 aliphatic heterocycles. The van der Waals surface area contributed by atoms with Gasteiger partial charge in [-0.25, -0.2) is 18.4 Å². The van der Waals surface area contributed by atoms with E-state index in [2.05, 4.69) is 24.9 Å². The molecular weight excluding hydrogens is 424 g/mol. The lowest BCUT2D eigenvalue weighted by Crippen LogP contribution is -2.16. The zero-order valence-electron chi connectivity index (χ0n) is 16.6. The summed E-state index contributed by atoms with van der Waals surface area (Å²) in [4.78, 5) is 16.0. The minimum Gasteiger partial charge on any atom is -0.373 e. The number of hydrogen-bond donors (Lipinski definition) is 2. The van der Waals surface area contributed by atoms with Crippen molar-refractivity contribution in [2.75, 3.05) is 23.3 Å². The van der Waals surface area contributed by atoms with Gasteiger partial charge in [-0.1, -0.05) is 23.7 Å². The maximum absolute atomic E-state index is 11.5. The van der Waals surface area contributed by atoms with E-state index in [1.807, 2.05) is 25.2 Å². The first-order chi connectivity index (χ1) is 14.3. The monoisotopic (exact) mass is 444 g/mol. The summed E-state index contributed by atoms with van der Waals surface area (Å²) in [5.41, 5.74) is 4.15. The molecule has 0 spiro atoms. The van der Waals surface area contributed by atoms with Crippen LogP contribution in [0.3, 0.4) is 0 Å². The van der Waals surface area contributed by atoms with E-state index in [-0.39, 0.29) is 0 Å². The lowest BCUT2D eigenvalue weighted by molar-refractivity contribution is 0.271. The minimum absolute atomic E-state index is 0.473. The van der Waals surface area contributed by atoms with Crippen molar-refractivity contribution in [3.8, 4) is 11.4 Å². The lowest BCUT2D eigenvalue weighted by Gasteiger charge is -2.13. The molecule has 4 rings (SSSR count). The number of hydrogen-bond acceptors (Lipinski definition) is 7. The maximum Gasteiger partial charge on any atom is 0.229 e. The molecule has 0 saturated heterocycles. The second-order valence-electron chi connectivity index (χ2n) is 7.14. The molecule has 30 heavy (non-hydrogen) atoms. The molecule has 0 radical (unpaired) electrons. The molecule has 0 bridgehead atoms. The summed E-state index contributed by atoms with van der Waals surface area (Å²) in [6.45, 7) is 2.07. The zero-order valence-corrected chi connectivity index (χ0v) is 18.1. The topological polar surface area (TPSA) is 100 Å². The maximum atomic E-state index is 11.5. The Bertz CT molecular complexity index is 1180. The number of benzene rings is 1. The van der Waals surface area contributed by atoms with Crippen LogP contribution in [0, 0.1) is 0 Å². The Kier molecular flexibility index (Phi) is 5.59. The summed E-state index contributed by atoms with van der Waals surface area (Å²) in [7, 11) is -1.53. The average molecular weight is 445 g/mol. The number of nitrogens with zero attached hydrogens (tertiary/aromatic N) is 4. The van der Waals surface area contributed by atoms with Crippen LogP contribution in [0.2, 0.25) is 5.02 Å². The van der Waals surface area contributed by atoms with Gasteiger partial charge in [0.05, 0.1) is 22.7 Å². The molecule has 8 nitrogen and oxygen atoms in total. The highest BCUT2D eigenvalue weighted by Gasteiger charge is 2.25. The highest BCUT2D eigenvalue weighted by molar-refractivity contribution is 7.92. The van der Waals surface area contributed by atoms with Crippen molar-refractivity contribution < 1.29 is 8.42 Å². The van der Waals surface area contributed by atoms with Crippen molar-refractivity contribution in [3.63, 3.8) is 0 Å². The first-order valence-electron chi connectivity index (χ1n) is 9.29. The van der Waals surface area contributed by atoms with Crippen LogP contribution in [-0.4, -0.2) is 41.6 Å². The van der Waals surface area contributed by atoms with Gasteiger partial charge in [-0.05, 0) is 24.3 Å². The Balaban J connectivity index is 1.61. The van der Waals surface area contributed by atoms with Crippen LogP contribution in [0.4, 0.5) is 11.5 Å². The third-order valence-corrected chi connectivity index (χ3v) is 5.51. The number of nitrogens with one attached hydrogen (secondary N) is 2. The summed E-state index contributed by atoms with van der Waals surface area (Å²) >= 11 is 5.92. The quantitative estimate of drug-likeness (QED) is 0.602. The first kappa shape index (κ1) is 20.5. The van der Waals surface area contributed by atoms with Crippen LogP contribution in [0.1, 0.15) is 17.0 Å². The second-order valence-corrected chi connectivity index (χ2v) is 9.32. The molecular formula is C20H21ClN6O2S. The molecule has 0 amide bonds. The Morgan fingerprint density at radius 3 is 2.70 bits per heavy atom. The van der Waals surface area contributed by atoms with E-state index in [1.54, 1.807) is 24.4 Å². The molecule has 3 heterocycles. The van der Waals surface area contributed by atoms with Gasteiger partial charge >= 0.3 is 0 Å². The summed E-state index contributed by atoms with van der Waals surface area (Å²) in [6, 6.07) is 10.8. The third-order valence-electron chi connectivity index (χ3n) is 4.68. The van der Waals surface area contributed by atoms with E-state index in [1.165, 1.54) is 0 Å². The molecule has 1 aromatic carbocycles. The molecule has 10 heteroatoms. The fourth-order valence-corrected chi connectivity index (χ4v) is 4.10. The van der Waals surface area contributed by atoms with Crippen molar-refractivity contribution in [2.45, 2.75) is 19.6 Å². The van der Waals surface area contributed by atoms with E-state index < -0.39 is 10.0 Å². The molecule has 3 aromatic rings. The molecule has 0 saturated carbocycles. The van der Waals surface area contributed by atoms with Crippen molar-refractivity contribution in [3.05, 3.63) is 64.6 Å². The number of fused-ring (bicyclic) bond motifs is 1. The van der Waals surface area contributed by atoms with Crippen LogP contribution in [0.15, 0.2) is 42.6 Å². The normalized spacial score (nSPS) is 13.8. The van der Waals surface area contributed by atoms with Gasteiger partial charge in [-0.2, -0.15) is 0 Å². The average Bonchev–Trinajstić information content (AvgIpc) is 3.10. The van der Waals surface area contributed by atoms with Gasteiger partial charge in [-0.15, -0.1) is 0 Å². The summed E-state index contributed by atoms with van der Waals surface area (Å²) in [5.74, 6) is 1.31. The molecule has 2 N–H and O–H groups in total. The number of rotatable bonds is 6. The second kappa shape index (κ2) is 8.17. The van der Waals surface area contributed by atoms with E-state index in [0.29, 0.717) is 36.2 Å². The number of anilines is 2. The smallest absolute Gasteiger partial charge is 0.229 e. The highest BCUT2D eigenvalue weighted by Crippen LogP contribution is 2.31. The van der Waals surface area contributed by atoms with E-state index in [9.17, 15) is 8.42 Å². The molecule has 1 aliphatic rings. The lowest BCUT2D eigenvalue weighted by atomic mass is 10.1. The summed E-state index contributed by atoms with van der Waals surface area (Å²) in [5, 5.41) is 3.77. The minimum atomic E-state index is -3.36. The van der Waals surface area contributed by atoms with Crippen molar-refractivity contribution in [1.82, 2.24) is 19.9 Å². The van der Waals surface area contributed by atoms with E-state index >= 15 is 0 Å². The first-order valence-corrected chi connectivity index (χ1v) is 11.6. The van der Waals surface area contributed by atoms with Gasteiger partial charge in [0.15, 0.2) is 5.82 Å². The van der Waals surface area contributed by atoms with Gasteiger partial charge in [0.25, 0.3) is 0 Å². The van der Waals surface area contributed by atoms with Crippen molar-refractivity contribution in [2.24, 2.45) is 0 Å². The predicted molar refractivity (Wildman–Crippen MR) is 118 cm³/mol. The molecule has 2 aromatic heterocycles. The van der Waals surface area contributed by atoms with Crippen LogP contribution in [0.5, 0.6) is 0 Å².